The first-order valence-electron chi connectivity index (χ1n) is 3.29. The van der Waals surface area contributed by atoms with Gasteiger partial charge < -0.3 is 4.57 Å². The van der Waals surface area contributed by atoms with Gasteiger partial charge in [-0.3, -0.25) is 5.10 Å². The zero-order chi connectivity index (χ0) is 9.90. The number of thioether (sulfide) groups is 1. The van der Waals surface area contributed by atoms with Crippen LogP contribution < -0.4 is 0 Å². The van der Waals surface area contributed by atoms with Crippen molar-refractivity contribution in [3.8, 4) is 0 Å². The second-order valence-electron chi connectivity index (χ2n) is 2.15. The predicted molar refractivity (Wildman–Crippen MR) is 45.9 cm³/mol. The van der Waals surface area contributed by atoms with E-state index >= 15 is 0 Å². The lowest BCUT2D eigenvalue weighted by Gasteiger charge is -2.04. The highest BCUT2D eigenvalue weighted by Gasteiger charge is 2.27. The second-order valence-corrected chi connectivity index (χ2v) is 3.70. The van der Waals surface area contributed by atoms with E-state index in [4.69, 9.17) is 12.2 Å². The van der Waals surface area contributed by atoms with Crippen LogP contribution in [0.4, 0.5) is 13.2 Å². The molecular formula is C5H6F3N3S2. The number of hydrogen-bond acceptors (Lipinski definition) is 3. The standard InChI is InChI=1S/C5H6F3N3S2/c6-5(7,8)13-2-1-11-3-9-10-4(11)12/h3H,1-2H2,(H,10,12). The number of H-pyrrole nitrogens is 1. The van der Waals surface area contributed by atoms with Crippen molar-refractivity contribution < 1.29 is 13.2 Å². The van der Waals surface area contributed by atoms with Crippen molar-refractivity contribution in [1.29, 1.82) is 0 Å². The summed E-state index contributed by atoms with van der Waals surface area (Å²) >= 11 is 4.68. The van der Waals surface area contributed by atoms with Crippen molar-refractivity contribution in [1.82, 2.24) is 14.8 Å². The molecule has 0 radical (unpaired) electrons. The molecule has 0 fully saturated rings. The summed E-state index contributed by atoms with van der Waals surface area (Å²) in [6.45, 7) is 0.208. The third-order valence-corrected chi connectivity index (χ3v) is 2.26. The Labute approximate surface area is 81.3 Å². The average molecular weight is 229 g/mol. The largest absolute Gasteiger partial charge is 0.441 e. The average Bonchev–Trinajstić information content (AvgIpc) is 2.34. The summed E-state index contributed by atoms with van der Waals surface area (Å²) in [5.41, 5.74) is -4.17. The molecule has 1 aromatic rings. The third-order valence-electron chi connectivity index (χ3n) is 1.22. The number of aryl methyl sites for hydroxylation is 1. The molecule has 0 bridgehead atoms. The topological polar surface area (TPSA) is 33.6 Å². The van der Waals surface area contributed by atoms with Gasteiger partial charge in [-0.05, 0) is 24.0 Å². The molecule has 8 heteroatoms. The molecule has 0 atom stereocenters. The lowest BCUT2D eigenvalue weighted by atomic mass is 10.7. The summed E-state index contributed by atoms with van der Waals surface area (Å²) < 4.78 is 36.9. The SMILES string of the molecule is FC(F)(F)SCCn1cn[nH]c1=S. The second kappa shape index (κ2) is 4.14. The maximum atomic E-state index is 11.7. The van der Waals surface area contributed by atoms with Crippen LogP contribution in [0.2, 0.25) is 0 Å². The van der Waals surface area contributed by atoms with Crippen LogP contribution in [0.3, 0.4) is 0 Å². The molecule has 0 aromatic carbocycles. The van der Waals surface area contributed by atoms with Crippen molar-refractivity contribution in [2.24, 2.45) is 0 Å². The molecule has 3 nitrogen and oxygen atoms in total. The van der Waals surface area contributed by atoms with E-state index in [0.29, 0.717) is 4.77 Å². The van der Waals surface area contributed by atoms with E-state index in [0.717, 1.165) is 0 Å². The summed E-state index contributed by atoms with van der Waals surface area (Å²) in [5, 5.41) is 6.03. The molecule has 0 aliphatic rings. The Bertz CT molecular complexity index is 315. The molecule has 1 rings (SSSR count). The van der Waals surface area contributed by atoms with Gasteiger partial charge in [0, 0.05) is 12.3 Å². The van der Waals surface area contributed by atoms with Crippen molar-refractivity contribution in [3.63, 3.8) is 0 Å². The van der Waals surface area contributed by atoms with Gasteiger partial charge in [0.05, 0.1) is 0 Å². The van der Waals surface area contributed by atoms with Gasteiger partial charge in [-0.2, -0.15) is 18.3 Å². The molecule has 1 heterocycles. The van der Waals surface area contributed by atoms with E-state index in [-0.39, 0.29) is 24.1 Å². The van der Waals surface area contributed by atoms with Crippen LogP contribution >= 0.6 is 24.0 Å². The zero-order valence-electron chi connectivity index (χ0n) is 6.34. The first-order chi connectivity index (χ1) is 5.99. The quantitative estimate of drug-likeness (QED) is 0.807. The lowest BCUT2D eigenvalue weighted by molar-refractivity contribution is -0.0328. The fourth-order valence-corrected chi connectivity index (χ4v) is 1.40. The normalized spacial score (nSPS) is 11.9. The molecule has 0 saturated carbocycles. The van der Waals surface area contributed by atoms with Crippen molar-refractivity contribution in [2.75, 3.05) is 5.75 Å². The third kappa shape index (κ3) is 3.81. The minimum absolute atomic E-state index is 0.0582. The molecule has 0 saturated heterocycles. The highest BCUT2D eigenvalue weighted by Crippen LogP contribution is 2.29. The Hall–Kier alpha value is -0.500. The maximum absolute atomic E-state index is 11.7. The van der Waals surface area contributed by atoms with Gasteiger partial charge in [-0.15, -0.1) is 0 Å². The number of nitrogens with zero attached hydrogens (tertiary/aromatic N) is 2. The van der Waals surface area contributed by atoms with Crippen LogP contribution in [-0.4, -0.2) is 26.0 Å². The molecule has 74 valence electrons. The van der Waals surface area contributed by atoms with E-state index in [2.05, 4.69) is 10.2 Å². The fraction of sp³-hybridized carbons (Fsp3) is 0.600. The van der Waals surface area contributed by atoms with Gasteiger partial charge in [0.2, 0.25) is 0 Å². The first kappa shape index (κ1) is 10.6. The molecule has 0 spiro atoms. The molecule has 0 aliphatic heterocycles. The Kier molecular flexibility index (Phi) is 3.37. The first-order valence-corrected chi connectivity index (χ1v) is 4.69. The van der Waals surface area contributed by atoms with Crippen molar-refractivity contribution in [2.45, 2.75) is 12.1 Å². The summed E-state index contributed by atoms with van der Waals surface area (Å²) in [7, 11) is 0. The fourth-order valence-electron chi connectivity index (χ4n) is 0.689. The van der Waals surface area contributed by atoms with Gasteiger partial charge in [-0.1, -0.05) is 0 Å². The van der Waals surface area contributed by atoms with Crippen LogP contribution in [0.1, 0.15) is 0 Å². The van der Waals surface area contributed by atoms with Crippen LogP contribution in [0.25, 0.3) is 0 Å². The lowest BCUT2D eigenvalue weighted by Crippen LogP contribution is -2.06. The van der Waals surface area contributed by atoms with Crippen LogP contribution in [-0.2, 0) is 6.54 Å². The number of rotatable bonds is 3. The summed E-state index contributed by atoms with van der Waals surface area (Å²) in [6.07, 6.45) is 1.37. The minimum Gasteiger partial charge on any atom is -0.306 e. The van der Waals surface area contributed by atoms with E-state index in [9.17, 15) is 13.2 Å². The minimum atomic E-state index is -4.17. The molecule has 1 N–H and O–H groups in total. The molecule has 13 heavy (non-hydrogen) atoms. The number of halogens is 3. The Morgan fingerprint density at radius 1 is 1.62 bits per heavy atom. The van der Waals surface area contributed by atoms with Crippen LogP contribution in [0.5, 0.6) is 0 Å². The van der Waals surface area contributed by atoms with E-state index < -0.39 is 5.51 Å². The monoisotopic (exact) mass is 229 g/mol. The smallest absolute Gasteiger partial charge is 0.306 e. The Morgan fingerprint density at radius 2 is 2.31 bits per heavy atom. The van der Waals surface area contributed by atoms with Crippen LogP contribution in [0, 0.1) is 4.77 Å². The molecule has 0 amide bonds. The van der Waals surface area contributed by atoms with Gasteiger partial charge in [-0.25, -0.2) is 0 Å². The highest BCUT2D eigenvalue weighted by molar-refractivity contribution is 8.00. The van der Waals surface area contributed by atoms with Crippen molar-refractivity contribution >= 4 is 24.0 Å². The predicted octanol–water partition coefficient (Wildman–Crippen LogP) is 2.19. The number of nitrogens with one attached hydrogen (secondary N) is 1. The van der Waals surface area contributed by atoms with Gasteiger partial charge >= 0.3 is 5.51 Å². The number of aromatic amines is 1. The summed E-state index contributed by atoms with van der Waals surface area (Å²) in [6, 6.07) is 0. The zero-order valence-corrected chi connectivity index (χ0v) is 7.97. The van der Waals surface area contributed by atoms with E-state index in [1.165, 1.54) is 10.9 Å². The highest BCUT2D eigenvalue weighted by atomic mass is 32.2. The Balaban J connectivity index is 2.37. The van der Waals surface area contributed by atoms with E-state index in [1.54, 1.807) is 0 Å². The molecule has 1 aromatic heterocycles. The Morgan fingerprint density at radius 3 is 2.77 bits per heavy atom. The molecule has 0 unspecified atom stereocenters. The molecule has 0 aliphatic carbocycles. The van der Waals surface area contributed by atoms with Gasteiger partial charge in [0.15, 0.2) is 4.77 Å². The van der Waals surface area contributed by atoms with Gasteiger partial charge in [0.25, 0.3) is 0 Å². The number of alkyl halides is 3. The van der Waals surface area contributed by atoms with Gasteiger partial charge in [0.1, 0.15) is 6.33 Å². The summed E-state index contributed by atoms with van der Waals surface area (Å²) in [4.78, 5) is 0. The summed E-state index contributed by atoms with van der Waals surface area (Å²) in [5.74, 6) is -0.0582. The van der Waals surface area contributed by atoms with E-state index in [1.807, 2.05) is 0 Å². The molecular weight excluding hydrogens is 223 g/mol. The number of hydrogen-bond donors (Lipinski definition) is 1. The number of aromatic nitrogens is 3. The maximum Gasteiger partial charge on any atom is 0.441 e. The van der Waals surface area contributed by atoms with Crippen LogP contribution in [0.15, 0.2) is 6.33 Å². The van der Waals surface area contributed by atoms with Crippen molar-refractivity contribution in [3.05, 3.63) is 11.1 Å².